The lowest BCUT2D eigenvalue weighted by molar-refractivity contribution is -0.158. The molecule has 0 amide bonds. The summed E-state index contributed by atoms with van der Waals surface area (Å²) in [5.41, 5.74) is 0.158. The SMILES string of the molecule is CCCC(C)(CC)COC(=O)C1CCC(C(=O)OCC(C)(CC)CCC)CC1. The molecule has 4 heteroatoms. The topological polar surface area (TPSA) is 52.6 Å². The van der Waals surface area contributed by atoms with Crippen LogP contribution in [0.4, 0.5) is 0 Å². The van der Waals surface area contributed by atoms with E-state index in [9.17, 15) is 9.59 Å². The molecule has 0 aromatic rings. The van der Waals surface area contributed by atoms with Crippen LogP contribution in [-0.2, 0) is 19.1 Å². The van der Waals surface area contributed by atoms with Gasteiger partial charge in [0.2, 0.25) is 0 Å². The summed E-state index contributed by atoms with van der Waals surface area (Å²) in [4.78, 5) is 24.9. The fourth-order valence-corrected chi connectivity index (χ4v) is 4.20. The molecule has 0 heterocycles. The number of carbonyl (C=O) groups is 2. The van der Waals surface area contributed by atoms with Crippen LogP contribution in [0.15, 0.2) is 0 Å². The maximum absolute atomic E-state index is 12.5. The summed E-state index contributed by atoms with van der Waals surface area (Å²) in [7, 11) is 0. The molecule has 2 unspecified atom stereocenters. The van der Waals surface area contributed by atoms with Crippen molar-refractivity contribution >= 4 is 11.9 Å². The Labute approximate surface area is 173 Å². The molecular weight excluding hydrogens is 352 g/mol. The lowest BCUT2D eigenvalue weighted by Crippen LogP contribution is -2.32. The first-order chi connectivity index (χ1) is 13.2. The number of carbonyl (C=O) groups excluding carboxylic acids is 2. The van der Waals surface area contributed by atoms with Gasteiger partial charge in [-0.15, -0.1) is 0 Å². The van der Waals surface area contributed by atoms with Gasteiger partial charge in [-0.2, -0.15) is 0 Å². The monoisotopic (exact) mass is 396 g/mol. The fraction of sp³-hybridized carbons (Fsp3) is 0.917. The van der Waals surface area contributed by atoms with Gasteiger partial charge in [0.1, 0.15) is 0 Å². The minimum atomic E-state index is -0.0795. The second kappa shape index (κ2) is 11.8. The van der Waals surface area contributed by atoms with Crippen LogP contribution in [0.25, 0.3) is 0 Å². The molecule has 0 saturated heterocycles. The van der Waals surface area contributed by atoms with Crippen LogP contribution in [0.2, 0.25) is 0 Å². The Bertz CT molecular complexity index is 437. The van der Waals surface area contributed by atoms with E-state index in [-0.39, 0.29) is 34.6 Å². The molecule has 1 fully saturated rings. The lowest BCUT2D eigenvalue weighted by Gasteiger charge is -2.31. The normalized spacial score (nSPS) is 24.1. The Morgan fingerprint density at radius 3 is 1.29 bits per heavy atom. The van der Waals surface area contributed by atoms with E-state index in [0.717, 1.165) is 64.2 Å². The van der Waals surface area contributed by atoms with E-state index in [4.69, 9.17) is 9.47 Å². The van der Waals surface area contributed by atoms with Crippen molar-refractivity contribution in [3.63, 3.8) is 0 Å². The highest BCUT2D eigenvalue weighted by molar-refractivity contribution is 5.75. The van der Waals surface area contributed by atoms with E-state index in [1.54, 1.807) is 0 Å². The average Bonchev–Trinajstić information content (AvgIpc) is 2.71. The minimum Gasteiger partial charge on any atom is -0.465 e. The van der Waals surface area contributed by atoms with E-state index in [1.807, 2.05) is 0 Å². The molecule has 1 saturated carbocycles. The molecule has 0 aliphatic heterocycles. The van der Waals surface area contributed by atoms with Gasteiger partial charge in [-0.25, -0.2) is 0 Å². The summed E-state index contributed by atoms with van der Waals surface area (Å²) >= 11 is 0. The first-order valence-electron chi connectivity index (χ1n) is 11.6. The van der Waals surface area contributed by atoms with Crippen molar-refractivity contribution < 1.29 is 19.1 Å². The average molecular weight is 397 g/mol. The third kappa shape index (κ3) is 7.75. The smallest absolute Gasteiger partial charge is 0.308 e. The number of ether oxygens (including phenoxy) is 2. The highest BCUT2D eigenvalue weighted by atomic mass is 16.5. The molecule has 0 N–H and O–H groups in total. The van der Waals surface area contributed by atoms with Gasteiger partial charge < -0.3 is 9.47 Å². The van der Waals surface area contributed by atoms with E-state index in [2.05, 4.69) is 41.5 Å². The van der Waals surface area contributed by atoms with Crippen LogP contribution in [0.1, 0.15) is 106 Å². The summed E-state index contributed by atoms with van der Waals surface area (Å²) < 4.78 is 11.3. The maximum Gasteiger partial charge on any atom is 0.308 e. The molecule has 1 aliphatic carbocycles. The minimum absolute atomic E-state index is 0.0622. The summed E-state index contributed by atoms with van der Waals surface area (Å²) in [5, 5.41) is 0. The fourth-order valence-electron chi connectivity index (χ4n) is 4.20. The first-order valence-corrected chi connectivity index (χ1v) is 11.6. The highest BCUT2D eigenvalue weighted by Crippen LogP contribution is 2.33. The molecule has 1 rings (SSSR count). The van der Waals surface area contributed by atoms with Crippen LogP contribution in [-0.4, -0.2) is 25.2 Å². The maximum atomic E-state index is 12.5. The largest absolute Gasteiger partial charge is 0.465 e. The summed E-state index contributed by atoms with van der Waals surface area (Å²) in [6.45, 7) is 14.0. The van der Waals surface area contributed by atoms with Gasteiger partial charge >= 0.3 is 11.9 Å². The van der Waals surface area contributed by atoms with Gasteiger partial charge in [-0.05, 0) is 51.4 Å². The van der Waals surface area contributed by atoms with Gasteiger partial charge in [-0.3, -0.25) is 9.59 Å². The summed E-state index contributed by atoms with van der Waals surface area (Å²) in [6.07, 6.45) is 9.31. The number of esters is 2. The molecule has 2 atom stereocenters. The quantitative estimate of drug-likeness (QED) is 0.363. The van der Waals surface area contributed by atoms with Gasteiger partial charge in [-0.1, -0.05) is 54.4 Å². The van der Waals surface area contributed by atoms with Crippen LogP contribution in [0, 0.1) is 22.7 Å². The van der Waals surface area contributed by atoms with E-state index < -0.39 is 0 Å². The Balaban J connectivity index is 2.41. The van der Waals surface area contributed by atoms with Crippen molar-refractivity contribution in [1.82, 2.24) is 0 Å². The molecule has 1 aliphatic rings. The van der Waals surface area contributed by atoms with E-state index in [0.29, 0.717) is 13.2 Å². The molecule has 0 spiro atoms. The first kappa shape index (κ1) is 25.0. The number of rotatable bonds is 12. The third-order valence-electron chi connectivity index (χ3n) is 6.93. The zero-order valence-corrected chi connectivity index (χ0v) is 19.3. The van der Waals surface area contributed by atoms with Gasteiger partial charge in [0, 0.05) is 10.8 Å². The molecule has 4 nitrogen and oxygen atoms in total. The van der Waals surface area contributed by atoms with Crippen LogP contribution < -0.4 is 0 Å². The standard InChI is InChI=1S/C24H44O4/c1-7-15-23(5,9-3)17-27-21(25)19-11-13-20(14-12-19)22(26)28-18-24(6,10-4)16-8-2/h19-20H,7-18H2,1-6H3. The molecule has 0 aromatic carbocycles. The van der Waals surface area contributed by atoms with Gasteiger partial charge in [0.05, 0.1) is 25.0 Å². The Morgan fingerprint density at radius 1 is 0.714 bits per heavy atom. The van der Waals surface area contributed by atoms with Crippen LogP contribution in [0.5, 0.6) is 0 Å². The van der Waals surface area contributed by atoms with Gasteiger partial charge in [0.25, 0.3) is 0 Å². The van der Waals surface area contributed by atoms with Crippen molar-refractivity contribution in [3.8, 4) is 0 Å². The summed E-state index contributed by atoms with van der Waals surface area (Å²) in [5.74, 6) is -0.284. The van der Waals surface area contributed by atoms with Crippen molar-refractivity contribution in [3.05, 3.63) is 0 Å². The lowest BCUT2D eigenvalue weighted by atomic mass is 9.81. The number of hydrogen-bond acceptors (Lipinski definition) is 4. The molecular formula is C24H44O4. The van der Waals surface area contributed by atoms with E-state index in [1.165, 1.54) is 0 Å². The predicted octanol–water partition coefficient (Wildman–Crippen LogP) is 6.31. The number of hydrogen-bond donors (Lipinski definition) is 0. The van der Waals surface area contributed by atoms with Crippen LogP contribution in [0.3, 0.4) is 0 Å². The van der Waals surface area contributed by atoms with Gasteiger partial charge in [0.15, 0.2) is 0 Å². The van der Waals surface area contributed by atoms with Crippen molar-refractivity contribution in [2.75, 3.05) is 13.2 Å². The third-order valence-corrected chi connectivity index (χ3v) is 6.93. The predicted molar refractivity (Wildman–Crippen MR) is 114 cm³/mol. The van der Waals surface area contributed by atoms with Crippen molar-refractivity contribution in [2.24, 2.45) is 22.7 Å². The Kier molecular flexibility index (Phi) is 10.5. The highest BCUT2D eigenvalue weighted by Gasteiger charge is 2.34. The molecule has 164 valence electrons. The second-order valence-electron chi connectivity index (χ2n) is 9.59. The zero-order valence-electron chi connectivity index (χ0n) is 19.3. The van der Waals surface area contributed by atoms with Crippen molar-refractivity contribution in [1.29, 1.82) is 0 Å². The Hall–Kier alpha value is -1.06. The molecule has 0 bridgehead atoms. The van der Waals surface area contributed by atoms with Crippen molar-refractivity contribution in [2.45, 2.75) is 106 Å². The van der Waals surface area contributed by atoms with Crippen LogP contribution >= 0.6 is 0 Å². The summed E-state index contributed by atoms with van der Waals surface area (Å²) in [6, 6.07) is 0. The second-order valence-corrected chi connectivity index (χ2v) is 9.59. The molecule has 0 radical (unpaired) electrons. The molecule has 28 heavy (non-hydrogen) atoms. The van der Waals surface area contributed by atoms with E-state index >= 15 is 0 Å². The molecule has 0 aromatic heterocycles. The zero-order chi connectivity index (χ0) is 21.2. The Morgan fingerprint density at radius 2 is 1.04 bits per heavy atom.